The molecule has 0 radical (unpaired) electrons. The molecule has 0 aromatic heterocycles. The van der Waals surface area contributed by atoms with Crippen LogP contribution in [0.1, 0.15) is 5.56 Å². The molecule has 3 aliphatic rings. The zero-order chi connectivity index (χ0) is 17.6. The maximum absolute atomic E-state index is 12.4. The van der Waals surface area contributed by atoms with Gasteiger partial charge in [-0.3, -0.25) is 14.7 Å². The number of hydrogen-bond donors (Lipinski definition) is 1. The van der Waals surface area contributed by atoms with Crippen LogP contribution in [-0.4, -0.2) is 57.9 Å². The van der Waals surface area contributed by atoms with Gasteiger partial charge in [0.1, 0.15) is 11.1 Å². The summed E-state index contributed by atoms with van der Waals surface area (Å²) in [5.41, 5.74) is 1.34. The molecule has 0 saturated carbocycles. The molecule has 0 spiro atoms. The van der Waals surface area contributed by atoms with Crippen LogP contribution in [0.2, 0.25) is 0 Å². The van der Waals surface area contributed by atoms with Crippen molar-refractivity contribution in [2.24, 2.45) is 4.99 Å². The molecule has 9 heteroatoms. The predicted molar refractivity (Wildman–Crippen MR) is 92.4 cm³/mol. The van der Waals surface area contributed by atoms with Gasteiger partial charge in [-0.05, 0) is 29.3 Å². The Labute approximate surface area is 152 Å². The van der Waals surface area contributed by atoms with Crippen LogP contribution in [-0.2, 0) is 9.59 Å². The zero-order valence-corrected chi connectivity index (χ0v) is 14.4. The van der Waals surface area contributed by atoms with Crippen molar-refractivity contribution in [1.82, 2.24) is 4.90 Å². The van der Waals surface area contributed by atoms with Gasteiger partial charge in [-0.2, -0.15) is 0 Å². The van der Waals surface area contributed by atoms with E-state index in [0.29, 0.717) is 22.8 Å². The quantitative estimate of drug-likeness (QED) is 0.486. The summed E-state index contributed by atoms with van der Waals surface area (Å²) < 4.78 is 10.6. The number of aliphatic imine (C=N–C) groups is 1. The van der Waals surface area contributed by atoms with Gasteiger partial charge in [-0.1, -0.05) is 0 Å². The number of carbonyl (C=O) groups excluding carboxylic acids is 1. The minimum atomic E-state index is -1.13. The first-order valence-corrected chi connectivity index (χ1v) is 9.07. The first-order valence-electron chi connectivity index (χ1n) is 7.49. The fraction of sp³-hybridized carbons (Fsp3) is 0.312. The molecule has 25 heavy (non-hydrogen) atoms. The minimum Gasteiger partial charge on any atom is -0.477 e. The Hall–Kier alpha value is -2.19. The second-order valence-electron chi connectivity index (χ2n) is 5.64. The molecular weight excluding hydrogens is 368 g/mol. The van der Waals surface area contributed by atoms with E-state index in [1.54, 1.807) is 18.3 Å². The van der Waals surface area contributed by atoms with E-state index in [1.165, 1.54) is 16.7 Å². The highest BCUT2D eigenvalue weighted by Gasteiger charge is 2.53. The monoisotopic (exact) mass is 380 g/mol. The molecule has 130 valence electrons. The number of nitrogens with zero attached hydrogens (tertiary/aromatic N) is 2. The lowest BCUT2D eigenvalue weighted by molar-refractivity contribution is -0.147. The number of β-lactam (4-membered cyclic amide) rings is 1. The summed E-state index contributed by atoms with van der Waals surface area (Å²) >= 11 is 7.28. The molecule has 1 N–H and O–H groups in total. The molecular formula is C16H13ClN2O5S. The standard InChI is InChI=1S/C16H13ClN2O5S/c17-4-9-6-25-15-12(14(20)19(15)13(9)16(21)22)18-5-8-1-2-10-11(3-8)24-7-23-10/h1-3,5,12,15H,4,6-7H2,(H,21,22)/t12-,15+/m1/s1. The van der Waals surface area contributed by atoms with Crippen LogP contribution in [0.4, 0.5) is 0 Å². The Bertz CT molecular complexity index is 825. The highest BCUT2D eigenvalue weighted by Crippen LogP contribution is 2.42. The SMILES string of the molecule is O=C(O)C1=C(CCl)CS[C@H]2[C@H](N=Cc3ccc4c(c3)OCO4)C(=O)N12. The van der Waals surface area contributed by atoms with Gasteiger partial charge in [-0.15, -0.1) is 23.4 Å². The summed E-state index contributed by atoms with van der Waals surface area (Å²) in [6.07, 6.45) is 1.60. The Morgan fingerprint density at radius 1 is 1.44 bits per heavy atom. The summed E-state index contributed by atoms with van der Waals surface area (Å²) in [6.45, 7) is 0.192. The summed E-state index contributed by atoms with van der Waals surface area (Å²) in [4.78, 5) is 29.5. The maximum atomic E-state index is 12.4. The van der Waals surface area contributed by atoms with Crippen LogP contribution in [0.5, 0.6) is 11.5 Å². The summed E-state index contributed by atoms with van der Waals surface area (Å²) in [7, 11) is 0. The van der Waals surface area contributed by atoms with Gasteiger partial charge in [0.25, 0.3) is 5.91 Å². The number of carboxylic acids is 1. The second kappa shape index (κ2) is 6.27. The maximum Gasteiger partial charge on any atom is 0.352 e. The van der Waals surface area contributed by atoms with E-state index < -0.39 is 12.0 Å². The first kappa shape index (κ1) is 16.3. The highest BCUT2D eigenvalue weighted by atomic mass is 35.5. The number of halogens is 1. The number of aliphatic carboxylic acids is 1. The lowest BCUT2D eigenvalue weighted by Crippen LogP contribution is -2.64. The minimum absolute atomic E-state index is 0.00159. The molecule has 1 saturated heterocycles. The zero-order valence-electron chi connectivity index (χ0n) is 12.8. The molecule has 0 bridgehead atoms. The third-order valence-electron chi connectivity index (χ3n) is 4.16. The van der Waals surface area contributed by atoms with E-state index in [1.807, 2.05) is 6.07 Å². The van der Waals surface area contributed by atoms with Crippen molar-refractivity contribution >= 4 is 41.5 Å². The number of rotatable bonds is 4. The smallest absolute Gasteiger partial charge is 0.352 e. The summed E-state index contributed by atoms with van der Waals surface area (Å²) in [5, 5.41) is 9.07. The van der Waals surface area contributed by atoms with Crippen molar-refractivity contribution in [3.8, 4) is 11.5 Å². The number of benzene rings is 1. The van der Waals surface area contributed by atoms with E-state index in [4.69, 9.17) is 21.1 Å². The number of thioether (sulfide) groups is 1. The molecule has 1 fully saturated rings. The predicted octanol–water partition coefficient (Wildman–Crippen LogP) is 1.70. The summed E-state index contributed by atoms with van der Waals surface area (Å²) in [5.74, 6) is 0.434. The third-order valence-corrected chi connectivity index (χ3v) is 5.81. The Morgan fingerprint density at radius 3 is 3.00 bits per heavy atom. The molecule has 1 aromatic carbocycles. The average molecular weight is 381 g/mol. The van der Waals surface area contributed by atoms with Crippen LogP contribution in [0, 0.1) is 0 Å². The molecule has 4 rings (SSSR count). The number of carboxylic acid groups (broad SMARTS) is 1. The molecule has 3 heterocycles. The van der Waals surface area contributed by atoms with Gasteiger partial charge in [0.05, 0.1) is 0 Å². The van der Waals surface area contributed by atoms with E-state index in [-0.39, 0.29) is 29.7 Å². The number of amides is 1. The second-order valence-corrected chi connectivity index (χ2v) is 7.01. The van der Waals surface area contributed by atoms with Gasteiger partial charge in [0.2, 0.25) is 6.79 Å². The number of alkyl halides is 1. The van der Waals surface area contributed by atoms with Crippen LogP contribution < -0.4 is 9.47 Å². The topological polar surface area (TPSA) is 88.4 Å². The fourth-order valence-electron chi connectivity index (χ4n) is 2.93. The van der Waals surface area contributed by atoms with E-state index in [2.05, 4.69) is 4.99 Å². The molecule has 0 unspecified atom stereocenters. The van der Waals surface area contributed by atoms with Gasteiger partial charge in [-0.25, -0.2) is 4.79 Å². The molecule has 2 atom stereocenters. The molecule has 7 nitrogen and oxygen atoms in total. The van der Waals surface area contributed by atoms with Crippen LogP contribution in [0.15, 0.2) is 34.5 Å². The first-order chi connectivity index (χ1) is 12.1. The van der Waals surface area contributed by atoms with E-state index in [9.17, 15) is 14.7 Å². The lowest BCUT2D eigenvalue weighted by atomic mass is 10.0. The van der Waals surface area contributed by atoms with Crippen molar-refractivity contribution in [1.29, 1.82) is 0 Å². The lowest BCUT2D eigenvalue weighted by Gasteiger charge is -2.47. The molecule has 1 aromatic rings. The van der Waals surface area contributed by atoms with Gasteiger partial charge in [0, 0.05) is 17.8 Å². The largest absolute Gasteiger partial charge is 0.477 e. The fourth-order valence-corrected chi connectivity index (χ4v) is 4.60. The number of hydrogen-bond acceptors (Lipinski definition) is 6. The van der Waals surface area contributed by atoms with Crippen LogP contribution in [0.3, 0.4) is 0 Å². The molecule has 3 aliphatic heterocycles. The average Bonchev–Trinajstić information content (AvgIpc) is 3.08. The van der Waals surface area contributed by atoms with Crippen LogP contribution in [0.25, 0.3) is 0 Å². The van der Waals surface area contributed by atoms with E-state index >= 15 is 0 Å². The van der Waals surface area contributed by atoms with Crippen molar-refractivity contribution in [3.05, 3.63) is 35.0 Å². The van der Waals surface area contributed by atoms with Crippen molar-refractivity contribution in [2.75, 3.05) is 18.4 Å². The molecule has 1 amide bonds. The van der Waals surface area contributed by atoms with E-state index in [0.717, 1.165) is 5.56 Å². The Kier molecular flexibility index (Phi) is 4.09. The van der Waals surface area contributed by atoms with Crippen molar-refractivity contribution < 1.29 is 24.2 Å². The number of ether oxygens (including phenoxy) is 2. The normalized spacial score (nSPS) is 24.5. The molecule has 0 aliphatic carbocycles. The van der Waals surface area contributed by atoms with Crippen molar-refractivity contribution in [2.45, 2.75) is 11.4 Å². The van der Waals surface area contributed by atoms with Crippen molar-refractivity contribution in [3.63, 3.8) is 0 Å². The van der Waals surface area contributed by atoms with Gasteiger partial charge < -0.3 is 14.6 Å². The Balaban J connectivity index is 1.53. The van der Waals surface area contributed by atoms with Gasteiger partial charge >= 0.3 is 5.97 Å². The number of fused-ring (bicyclic) bond motifs is 2. The number of carbonyl (C=O) groups is 2. The third kappa shape index (κ3) is 2.65. The summed E-state index contributed by atoms with van der Waals surface area (Å²) in [6, 6.07) is 4.79. The van der Waals surface area contributed by atoms with Crippen LogP contribution >= 0.6 is 23.4 Å². The Morgan fingerprint density at radius 2 is 2.24 bits per heavy atom. The van der Waals surface area contributed by atoms with Gasteiger partial charge in [0.15, 0.2) is 17.5 Å². The highest BCUT2D eigenvalue weighted by molar-refractivity contribution is 8.00.